The lowest BCUT2D eigenvalue weighted by Gasteiger charge is -2.29. The molecule has 0 aromatic heterocycles. The predicted molar refractivity (Wildman–Crippen MR) is 73.2 cm³/mol. The topological polar surface area (TPSA) is 98.7 Å². The van der Waals surface area contributed by atoms with Crippen LogP contribution in [0.15, 0.2) is 0 Å². The Bertz CT molecular complexity index is 374. The number of rotatable bonds is 6. The number of aliphatic carboxylic acids is 1. The maximum absolute atomic E-state index is 11.8. The minimum Gasteiger partial charge on any atom is -0.480 e. The molecule has 2 aliphatic carbocycles. The Morgan fingerprint density at radius 2 is 2.00 bits per heavy atom. The Labute approximate surface area is 118 Å². The lowest BCUT2D eigenvalue weighted by Crippen LogP contribution is -2.50. The van der Waals surface area contributed by atoms with Gasteiger partial charge < -0.3 is 20.8 Å². The van der Waals surface area contributed by atoms with Gasteiger partial charge in [0.15, 0.2) is 0 Å². The van der Waals surface area contributed by atoms with Crippen LogP contribution in [0.5, 0.6) is 0 Å². The number of carbonyl (C=O) groups excluding carboxylic acids is 1. The molecule has 2 amide bonds. The molecule has 0 radical (unpaired) electrons. The molecular formula is C14H24N2O4. The van der Waals surface area contributed by atoms with Crippen molar-refractivity contribution >= 4 is 12.0 Å². The highest BCUT2D eigenvalue weighted by molar-refractivity contribution is 5.82. The quantitative estimate of drug-likeness (QED) is 0.583. The van der Waals surface area contributed by atoms with Gasteiger partial charge in [-0.3, -0.25) is 0 Å². The minimum absolute atomic E-state index is 0.0191. The summed E-state index contributed by atoms with van der Waals surface area (Å²) in [7, 11) is 0. The second-order valence-corrected chi connectivity index (χ2v) is 6.15. The van der Waals surface area contributed by atoms with Crippen molar-refractivity contribution in [2.24, 2.45) is 17.8 Å². The first-order valence-electron chi connectivity index (χ1n) is 7.42. The maximum Gasteiger partial charge on any atom is 0.326 e. The fourth-order valence-electron chi connectivity index (χ4n) is 3.81. The van der Waals surface area contributed by atoms with E-state index < -0.39 is 18.0 Å². The summed E-state index contributed by atoms with van der Waals surface area (Å²) >= 11 is 0. The van der Waals surface area contributed by atoms with Gasteiger partial charge in [-0.15, -0.1) is 0 Å². The van der Waals surface area contributed by atoms with Crippen LogP contribution in [0, 0.1) is 17.8 Å². The molecule has 0 saturated heterocycles. The van der Waals surface area contributed by atoms with Gasteiger partial charge in [0.2, 0.25) is 0 Å². The number of carboxylic acids is 1. The maximum atomic E-state index is 11.8. The second kappa shape index (κ2) is 6.43. The van der Waals surface area contributed by atoms with Crippen molar-refractivity contribution < 1.29 is 19.8 Å². The molecule has 0 aliphatic heterocycles. The van der Waals surface area contributed by atoms with Gasteiger partial charge >= 0.3 is 12.0 Å². The molecule has 2 saturated carbocycles. The summed E-state index contributed by atoms with van der Waals surface area (Å²) in [5.74, 6) is 0.920. The molecule has 2 bridgehead atoms. The number of hydrogen-bond donors (Lipinski definition) is 4. The van der Waals surface area contributed by atoms with Crippen molar-refractivity contribution in [3.05, 3.63) is 0 Å². The Hall–Kier alpha value is -1.30. The average Bonchev–Trinajstić information content (AvgIpc) is 3.00. The second-order valence-electron chi connectivity index (χ2n) is 6.15. The number of urea groups is 1. The third-order valence-electron chi connectivity index (χ3n) is 4.81. The van der Waals surface area contributed by atoms with Gasteiger partial charge in [-0.2, -0.15) is 0 Å². The van der Waals surface area contributed by atoms with Gasteiger partial charge in [-0.25, -0.2) is 9.59 Å². The largest absolute Gasteiger partial charge is 0.480 e. The highest BCUT2D eigenvalue weighted by Crippen LogP contribution is 2.49. The van der Waals surface area contributed by atoms with E-state index in [1.54, 1.807) is 0 Å². The van der Waals surface area contributed by atoms with Crippen molar-refractivity contribution in [3.8, 4) is 0 Å². The summed E-state index contributed by atoms with van der Waals surface area (Å²) in [5, 5.41) is 23.0. The molecular weight excluding hydrogens is 260 g/mol. The lowest BCUT2D eigenvalue weighted by atomic mass is 9.84. The number of carboxylic acid groups (broad SMARTS) is 1. The summed E-state index contributed by atoms with van der Waals surface area (Å²) in [6.07, 6.45) is 5.04. The molecule has 20 heavy (non-hydrogen) atoms. The highest BCUT2D eigenvalue weighted by atomic mass is 16.4. The standard InChI is InChI=1S/C14H24N2O4/c1-8(11-7-9-2-3-10(11)6-9)15-14(20)16-12(4-5-17)13(18)19/h8-12,17H,2-7H2,1H3,(H,18,19)(H2,15,16,20). The Morgan fingerprint density at radius 3 is 2.50 bits per heavy atom. The van der Waals surface area contributed by atoms with Gasteiger partial charge in [-0.1, -0.05) is 6.42 Å². The van der Waals surface area contributed by atoms with Crippen LogP contribution in [0.1, 0.15) is 39.0 Å². The van der Waals surface area contributed by atoms with Gasteiger partial charge in [0.25, 0.3) is 0 Å². The summed E-state index contributed by atoms with van der Waals surface area (Å²) in [5.41, 5.74) is 0. The number of carbonyl (C=O) groups is 2. The SMILES string of the molecule is CC(NC(=O)NC(CCO)C(=O)O)C1CC2CCC1C2. The lowest BCUT2D eigenvalue weighted by molar-refractivity contribution is -0.139. The van der Waals surface area contributed by atoms with E-state index >= 15 is 0 Å². The van der Waals surface area contributed by atoms with E-state index in [4.69, 9.17) is 10.2 Å². The molecule has 2 rings (SSSR count). The van der Waals surface area contributed by atoms with Crippen LogP contribution in [-0.4, -0.2) is 40.9 Å². The molecule has 5 atom stereocenters. The van der Waals surface area contributed by atoms with Crippen LogP contribution in [-0.2, 0) is 4.79 Å². The van der Waals surface area contributed by atoms with E-state index in [-0.39, 0.29) is 19.1 Å². The fraction of sp³-hybridized carbons (Fsp3) is 0.857. The van der Waals surface area contributed by atoms with Crippen molar-refractivity contribution in [2.45, 2.75) is 51.1 Å². The van der Waals surface area contributed by atoms with Crippen LogP contribution in [0.4, 0.5) is 4.79 Å². The highest BCUT2D eigenvalue weighted by Gasteiger charge is 2.42. The van der Waals surface area contributed by atoms with Gasteiger partial charge in [0.05, 0.1) is 0 Å². The first-order chi connectivity index (χ1) is 9.51. The molecule has 114 valence electrons. The normalized spacial score (nSPS) is 30.8. The predicted octanol–water partition coefficient (Wildman–Crippen LogP) is 0.946. The Kier molecular flexibility index (Phi) is 4.86. The molecule has 6 nitrogen and oxygen atoms in total. The molecule has 0 spiro atoms. The molecule has 0 aromatic carbocycles. The molecule has 5 unspecified atom stereocenters. The van der Waals surface area contributed by atoms with Gasteiger partial charge in [-0.05, 0) is 43.9 Å². The summed E-state index contributed by atoms with van der Waals surface area (Å²) in [4.78, 5) is 22.8. The zero-order chi connectivity index (χ0) is 14.7. The Balaban J connectivity index is 1.80. The van der Waals surface area contributed by atoms with E-state index in [0.717, 1.165) is 5.92 Å². The molecule has 2 fully saturated rings. The number of hydrogen-bond acceptors (Lipinski definition) is 3. The zero-order valence-corrected chi connectivity index (χ0v) is 11.8. The van der Waals surface area contributed by atoms with Gasteiger partial charge in [0.1, 0.15) is 6.04 Å². The zero-order valence-electron chi connectivity index (χ0n) is 11.8. The summed E-state index contributed by atoms with van der Waals surface area (Å²) in [6, 6.07) is -1.43. The van der Waals surface area contributed by atoms with Crippen molar-refractivity contribution in [2.75, 3.05) is 6.61 Å². The number of aliphatic hydroxyl groups is 1. The third-order valence-corrected chi connectivity index (χ3v) is 4.81. The molecule has 0 aromatic rings. The number of nitrogens with one attached hydrogen (secondary N) is 2. The number of amides is 2. The van der Waals surface area contributed by atoms with Crippen molar-refractivity contribution in [1.29, 1.82) is 0 Å². The molecule has 6 heteroatoms. The van der Waals surface area contributed by atoms with Crippen LogP contribution in [0.2, 0.25) is 0 Å². The van der Waals surface area contributed by atoms with Crippen molar-refractivity contribution in [3.63, 3.8) is 0 Å². The van der Waals surface area contributed by atoms with Crippen molar-refractivity contribution in [1.82, 2.24) is 10.6 Å². The van der Waals surface area contributed by atoms with Gasteiger partial charge in [0, 0.05) is 19.1 Å². The Morgan fingerprint density at radius 1 is 1.25 bits per heavy atom. The summed E-state index contributed by atoms with van der Waals surface area (Å²) < 4.78 is 0. The van der Waals surface area contributed by atoms with Crippen LogP contribution in [0.3, 0.4) is 0 Å². The van der Waals surface area contributed by atoms with E-state index in [0.29, 0.717) is 11.8 Å². The fourth-order valence-corrected chi connectivity index (χ4v) is 3.81. The summed E-state index contributed by atoms with van der Waals surface area (Å²) in [6.45, 7) is 1.73. The van der Waals surface area contributed by atoms with E-state index in [1.165, 1.54) is 25.7 Å². The minimum atomic E-state index is -1.12. The number of fused-ring (bicyclic) bond motifs is 2. The average molecular weight is 284 g/mol. The monoisotopic (exact) mass is 284 g/mol. The van der Waals surface area contributed by atoms with Crippen LogP contribution >= 0.6 is 0 Å². The molecule has 2 aliphatic rings. The van der Waals surface area contributed by atoms with E-state index in [9.17, 15) is 9.59 Å². The smallest absolute Gasteiger partial charge is 0.326 e. The third kappa shape index (κ3) is 3.42. The van der Waals surface area contributed by atoms with Crippen LogP contribution < -0.4 is 10.6 Å². The van der Waals surface area contributed by atoms with Crippen LogP contribution in [0.25, 0.3) is 0 Å². The van der Waals surface area contributed by atoms with E-state index in [1.807, 2.05) is 6.92 Å². The first kappa shape index (κ1) is 15.1. The van der Waals surface area contributed by atoms with E-state index in [2.05, 4.69) is 10.6 Å². The molecule has 0 heterocycles. The molecule has 4 N–H and O–H groups in total. The number of aliphatic hydroxyl groups excluding tert-OH is 1. The first-order valence-corrected chi connectivity index (χ1v) is 7.42.